The summed E-state index contributed by atoms with van der Waals surface area (Å²) in [5.74, 6) is 0. The molecule has 0 aliphatic carbocycles. The van der Waals surface area contributed by atoms with Crippen LogP contribution in [-0.2, 0) is 0 Å². The Kier molecular flexibility index (Phi) is 6.50. The highest BCUT2D eigenvalue weighted by molar-refractivity contribution is 7.99. The lowest BCUT2D eigenvalue weighted by atomic mass is 10.1. The molecule has 0 saturated heterocycles. The molecule has 1 N–H and O–H groups in total. The van der Waals surface area contributed by atoms with E-state index in [9.17, 15) is 0 Å². The molecule has 1 rings (SSSR count). The molecule has 90 valence electrons. The van der Waals surface area contributed by atoms with Gasteiger partial charge in [0, 0.05) is 17.5 Å². The average Bonchev–Trinajstić information content (AvgIpc) is 2.35. The summed E-state index contributed by atoms with van der Waals surface area (Å²) in [7, 11) is 2.06. The predicted octanol–water partition coefficient (Wildman–Crippen LogP) is 3.34. The first kappa shape index (κ1) is 13.5. The van der Waals surface area contributed by atoms with E-state index in [2.05, 4.69) is 43.3 Å². The second kappa shape index (κ2) is 7.69. The maximum atomic E-state index is 4.38. The Labute approximate surface area is 103 Å². The van der Waals surface area contributed by atoms with Crippen molar-refractivity contribution in [2.45, 2.75) is 49.4 Å². The molecule has 0 spiro atoms. The van der Waals surface area contributed by atoms with Gasteiger partial charge in [-0.3, -0.25) is 0 Å². The summed E-state index contributed by atoms with van der Waals surface area (Å²) in [6.45, 7) is 4.49. The van der Waals surface area contributed by atoms with Gasteiger partial charge in [-0.1, -0.05) is 26.3 Å². The molecular weight excluding hydrogens is 216 g/mol. The minimum absolute atomic E-state index is 0.585. The van der Waals surface area contributed by atoms with E-state index in [0.717, 1.165) is 5.03 Å². The Morgan fingerprint density at radius 1 is 1.38 bits per heavy atom. The molecule has 0 fully saturated rings. The van der Waals surface area contributed by atoms with Gasteiger partial charge in [0.05, 0.1) is 5.03 Å². The molecule has 2 atom stereocenters. The van der Waals surface area contributed by atoms with E-state index in [1.165, 1.54) is 19.3 Å². The van der Waals surface area contributed by atoms with E-state index in [1.807, 2.05) is 24.0 Å². The molecule has 3 heteroatoms. The number of rotatable bonds is 7. The van der Waals surface area contributed by atoms with Gasteiger partial charge in [-0.15, -0.1) is 11.8 Å². The number of nitrogens with zero attached hydrogens (tertiary/aromatic N) is 1. The molecule has 0 aromatic carbocycles. The largest absolute Gasteiger partial charge is 0.316 e. The second-order valence-corrected chi connectivity index (χ2v) is 5.18. The first-order valence-corrected chi connectivity index (χ1v) is 6.94. The van der Waals surface area contributed by atoms with Crippen LogP contribution in [0.1, 0.15) is 33.1 Å². The van der Waals surface area contributed by atoms with Gasteiger partial charge in [0.25, 0.3) is 0 Å². The molecule has 1 heterocycles. The molecule has 0 saturated carbocycles. The Morgan fingerprint density at radius 3 is 2.69 bits per heavy atom. The number of pyridine rings is 1. The van der Waals surface area contributed by atoms with Gasteiger partial charge in [-0.2, -0.15) is 0 Å². The summed E-state index contributed by atoms with van der Waals surface area (Å²) in [6, 6.07) is 6.69. The predicted molar refractivity (Wildman–Crippen MR) is 71.9 cm³/mol. The smallest absolute Gasteiger partial charge is 0.0963 e. The van der Waals surface area contributed by atoms with Crippen molar-refractivity contribution in [1.82, 2.24) is 10.3 Å². The van der Waals surface area contributed by atoms with E-state index >= 15 is 0 Å². The molecule has 0 bridgehead atoms. The van der Waals surface area contributed by atoms with Gasteiger partial charge in [0.1, 0.15) is 0 Å². The Balaban J connectivity index is 2.60. The minimum Gasteiger partial charge on any atom is -0.316 e. The number of thioether (sulfide) groups is 1. The molecule has 1 aromatic heterocycles. The van der Waals surface area contributed by atoms with Crippen molar-refractivity contribution >= 4 is 11.8 Å². The number of nitrogens with one attached hydrogen (secondary N) is 1. The monoisotopic (exact) mass is 238 g/mol. The zero-order valence-corrected chi connectivity index (χ0v) is 11.3. The summed E-state index contributed by atoms with van der Waals surface area (Å²) in [5, 5.41) is 5.17. The van der Waals surface area contributed by atoms with Gasteiger partial charge < -0.3 is 5.32 Å². The molecule has 1 aromatic rings. The summed E-state index contributed by atoms with van der Waals surface area (Å²) in [4.78, 5) is 4.38. The lowest BCUT2D eigenvalue weighted by molar-refractivity contribution is 0.490. The van der Waals surface area contributed by atoms with E-state index in [1.54, 1.807) is 0 Å². The fraction of sp³-hybridized carbons (Fsp3) is 0.615. The van der Waals surface area contributed by atoms with Crippen LogP contribution in [0.2, 0.25) is 0 Å². The molecule has 0 aliphatic rings. The number of hydrogen-bond acceptors (Lipinski definition) is 3. The molecule has 0 amide bonds. The molecular formula is C13H22N2S. The van der Waals surface area contributed by atoms with Gasteiger partial charge in [0.2, 0.25) is 0 Å². The Morgan fingerprint density at radius 2 is 2.19 bits per heavy atom. The average molecular weight is 238 g/mol. The SMILES string of the molecule is CCCC(NC)C(CC)Sc1ccccn1. The van der Waals surface area contributed by atoms with Crippen LogP contribution >= 0.6 is 11.8 Å². The lowest BCUT2D eigenvalue weighted by Gasteiger charge is -2.24. The topological polar surface area (TPSA) is 24.9 Å². The third kappa shape index (κ3) is 4.14. The van der Waals surface area contributed by atoms with Crippen LogP contribution in [0.3, 0.4) is 0 Å². The highest BCUT2D eigenvalue weighted by Crippen LogP contribution is 2.27. The van der Waals surface area contributed by atoms with Crippen LogP contribution in [-0.4, -0.2) is 23.3 Å². The standard InChI is InChI=1S/C13H22N2S/c1-4-8-11(14-3)12(5-2)16-13-9-6-7-10-15-13/h6-7,9-12,14H,4-5,8H2,1-3H3. The van der Waals surface area contributed by atoms with Gasteiger partial charge >= 0.3 is 0 Å². The molecule has 16 heavy (non-hydrogen) atoms. The van der Waals surface area contributed by atoms with Gasteiger partial charge in [0.15, 0.2) is 0 Å². The fourth-order valence-corrected chi connectivity index (χ4v) is 3.04. The molecule has 0 radical (unpaired) electrons. The van der Waals surface area contributed by atoms with Crippen LogP contribution in [0.5, 0.6) is 0 Å². The van der Waals surface area contributed by atoms with E-state index in [0.29, 0.717) is 11.3 Å². The maximum Gasteiger partial charge on any atom is 0.0963 e. The van der Waals surface area contributed by atoms with Crippen LogP contribution in [0, 0.1) is 0 Å². The summed E-state index contributed by atoms with van der Waals surface area (Å²) in [6.07, 6.45) is 5.50. The van der Waals surface area contributed by atoms with Crippen molar-refractivity contribution in [3.8, 4) is 0 Å². The van der Waals surface area contributed by atoms with E-state index in [-0.39, 0.29) is 0 Å². The van der Waals surface area contributed by atoms with Crippen molar-refractivity contribution in [3.05, 3.63) is 24.4 Å². The zero-order valence-electron chi connectivity index (χ0n) is 10.4. The highest BCUT2D eigenvalue weighted by atomic mass is 32.2. The molecule has 2 unspecified atom stereocenters. The summed E-state index contributed by atoms with van der Waals surface area (Å²) < 4.78 is 0. The van der Waals surface area contributed by atoms with E-state index in [4.69, 9.17) is 0 Å². The summed E-state index contributed by atoms with van der Waals surface area (Å²) >= 11 is 1.89. The number of hydrogen-bond donors (Lipinski definition) is 1. The quantitative estimate of drug-likeness (QED) is 0.737. The van der Waals surface area contributed by atoms with Crippen molar-refractivity contribution in [1.29, 1.82) is 0 Å². The van der Waals surface area contributed by atoms with Crippen molar-refractivity contribution in [3.63, 3.8) is 0 Å². The number of aromatic nitrogens is 1. The Hall–Kier alpha value is -0.540. The molecule has 2 nitrogen and oxygen atoms in total. The van der Waals surface area contributed by atoms with Crippen LogP contribution in [0.4, 0.5) is 0 Å². The van der Waals surface area contributed by atoms with Crippen molar-refractivity contribution in [2.75, 3.05) is 7.05 Å². The first-order chi connectivity index (χ1) is 7.81. The second-order valence-electron chi connectivity index (χ2n) is 3.92. The first-order valence-electron chi connectivity index (χ1n) is 6.06. The lowest BCUT2D eigenvalue weighted by Crippen LogP contribution is -2.35. The zero-order chi connectivity index (χ0) is 11.8. The van der Waals surface area contributed by atoms with Gasteiger partial charge in [-0.05, 0) is 32.0 Å². The summed E-state index contributed by atoms with van der Waals surface area (Å²) in [5.41, 5.74) is 0. The molecule has 0 aliphatic heterocycles. The van der Waals surface area contributed by atoms with Crippen molar-refractivity contribution < 1.29 is 0 Å². The Bertz CT molecular complexity index is 277. The van der Waals surface area contributed by atoms with Gasteiger partial charge in [-0.25, -0.2) is 4.98 Å². The van der Waals surface area contributed by atoms with Crippen LogP contribution < -0.4 is 5.32 Å². The fourth-order valence-electron chi connectivity index (χ4n) is 1.85. The van der Waals surface area contributed by atoms with E-state index < -0.39 is 0 Å². The van der Waals surface area contributed by atoms with Crippen LogP contribution in [0.25, 0.3) is 0 Å². The van der Waals surface area contributed by atoms with Crippen molar-refractivity contribution in [2.24, 2.45) is 0 Å². The third-order valence-corrected chi connectivity index (χ3v) is 4.18. The maximum absolute atomic E-state index is 4.38. The normalized spacial score (nSPS) is 14.7. The highest BCUT2D eigenvalue weighted by Gasteiger charge is 2.18. The third-order valence-electron chi connectivity index (χ3n) is 2.73. The minimum atomic E-state index is 0.585. The van der Waals surface area contributed by atoms with Crippen LogP contribution in [0.15, 0.2) is 29.4 Å².